The maximum atomic E-state index is 12.8. The first-order valence-electron chi connectivity index (χ1n) is 9.95. The zero-order chi connectivity index (χ0) is 19.4. The number of benzene rings is 1. The molecule has 1 amide bonds. The van der Waals surface area contributed by atoms with E-state index >= 15 is 0 Å². The van der Waals surface area contributed by atoms with E-state index in [4.69, 9.17) is 0 Å². The summed E-state index contributed by atoms with van der Waals surface area (Å²) in [6, 6.07) is 10.8. The molecule has 1 saturated heterocycles. The van der Waals surface area contributed by atoms with E-state index in [2.05, 4.69) is 66.3 Å². The number of hydrogen-bond acceptors (Lipinski definition) is 4. The van der Waals surface area contributed by atoms with Crippen LogP contribution in [0.4, 0.5) is 0 Å². The molecule has 0 saturated carbocycles. The molecule has 1 aliphatic rings. The number of carbonyl (C=O) groups excluding carboxylic acids is 1. The summed E-state index contributed by atoms with van der Waals surface area (Å²) in [5.41, 5.74) is 2.21. The van der Waals surface area contributed by atoms with Crippen molar-refractivity contribution in [3.8, 4) is 0 Å². The number of amides is 1. The molecule has 0 aliphatic carbocycles. The predicted molar refractivity (Wildman–Crippen MR) is 112 cm³/mol. The predicted octanol–water partition coefficient (Wildman–Crippen LogP) is 4.29. The zero-order valence-corrected chi connectivity index (χ0v) is 17.7. The molecule has 2 heterocycles. The number of nitrogens with one attached hydrogen (secondary N) is 1. The Labute approximate surface area is 167 Å². The average molecular weight is 386 g/mol. The fourth-order valence-electron chi connectivity index (χ4n) is 3.75. The standard InChI is InChI=1S/C22H31N3OS/c1-15(2)12-20-23-17(4)21(27-20)22(26)24-16(3)19-10-11-25(14-19)13-18-8-6-5-7-9-18/h5-9,15-16,19H,10-14H2,1-4H3,(H,24,26)/t16-,19+/m1/s1. The van der Waals surface area contributed by atoms with Gasteiger partial charge in [0.15, 0.2) is 0 Å². The minimum atomic E-state index is 0.0361. The lowest BCUT2D eigenvalue weighted by molar-refractivity contribution is 0.0930. The molecule has 0 radical (unpaired) electrons. The van der Waals surface area contributed by atoms with Gasteiger partial charge in [-0.1, -0.05) is 44.2 Å². The number of nitrogens with zero attached hydrogens (tertiary/aromatic N) is 2. The molecule has 4 nitrogen and oxygen atoms in total. The normalized spacial score (nSPS) is 18.8. The minimum absolute atomic E-state index is 0.0361. The van der Waals surface area contributed by atoms with Gasteiger partial charge in [0, 0.05) is 25.6 Å². The molecule has 27 heavy (non-hydrogen) atoms. The van der Waals surface area contributed by atoms with Gasteiger partial charge in [-0.25, -0.2) is 4.98 Å². The SMILES string of the molecule is Cc1nc(CC(C)C)sc1C(=O)N[C@H](C)[C@H]1CCN(Cc2ccccc2)C1. The molecule has 1 N–H and O–H groups in total. The van der Waals surface area contributed by atoms with Crippen molar-refractivity contribution in [3.63, 3.8) is 0 Å². The quantitative estimate of drug-likeness (QED) is 0.773. The smallest absolute Gasteiger partial charge is 0.263 e. The van der Waals surface area contributed by atoms with E-state index in [-0.39, 0.29) is 11.9 Å². The Morgan fingerprint density at radius 3 is 2.74 bits per heavy atom. The minimum Gasteiger partial charge on any atom is -0.349 e. The first-order chi connectivity index (χ1) is 12.9. The summed E-state index contributed by atoms with van der Waals surface area (Å²) in [7, 11) is 0. The van der Waals surface area contributed by atoms with Crippen molar-refractivity contribution in [2.75, 3.05) is 13.1 Å². The molecule has 1 aromatic carbocycles. The topological polar surface area (TPSA) is 45.2 Å². The molecule has 0 unspecified atom stereocenters. The van der Waals surface area contributed by atoms with Crippen molar-refractivity contribution in [1.82, 2.24) is 15.2 Å². The summed E-state index contributed by atoms with van der Waals surface area (Å²) in [5, 5.41) is 4.30. The van der Waals surface area contributed by atoms with Crippen LogP contribution in [0.2, 0.25) is 0 Å². The number of likely N-dealkylation sites (tertiary alicyclic amines) is 1. The lowest BCUT2D eigenvalue weighted by atomic mass is 10.0. The summed E-state index contributed by atoms with van der Waals surface area (Å²) in [5.74, 6) is 1.09. The monoisotopic (exact) mass is 385 g/mol. The fraction of sp³-hybridized carbons (Fsp3) is 0.545. The second kappa shape index (κ2) is 8.98. The Morgan fingerprint density at radius 1 is 1.30 bits per heavy atom. The molecule has 3 rings (SSSR count). The van der Waals surface area contributed by atoms with Crippen molar-refractivity contribution in [2.45, 2.75) is 53.1 Å². The Morgan fingerprint density at radius 2 is 2.04 bits per heavy atom. The van der Waals surface area contributed by atoms with E-state index in [1.54, 1.807) is 11.3 Å². The Kier molecular flexibility index (Phi) is 6.66. The van der Waals surface area contributed by atoms with E-state index in [1.807, 2.05) is 6.92 Å². The van der Waals surface area contributed by atoms with Crippen molar-refractivity contribution < 1.29 is 4.79 Å². The van der Waals surface area contributed by atoms with Crippen LogP contribution in [-0.2, 0) is 13.0 Å². The van der Waals surface area contributed by atoms with E-state index in [1.165, 1.54) is 5.56 Å². The summed E-state index contributed by atoms with van der Waals surface area (Å²) >= 11 is 1.55. The first kappa shape index (κ1) is 20.0. The summed E-state index contributed by atoms with van der Waals surface area (Å²) in [6.07, 6.45) is 2.07. The van der Waals surface area contributed by atoms with Crippen LogP contribution >= 0.6 is 11.3 Å². The van der Waals surface area contributed by atoms with Crippen molar-refractivity contribution in [2.24, 2.45) is 11.8 Å². The second-order valence-electron chi connectivity index (χ2n) is 8.15. The summed E-state index contributed by atoms with van der Waals surface area (Å²) in [6.45, 7) is 11.6. The second-order valence-corrected chi connectivity index (χ2v) is 9.24. The third kappa shape index (κ3) is 5.39. The highest BCUT2D eigenvalue weighted by Crippen LogP contribution is 2.24. The van der Waals surface area contributed by atoms with Gasteiger partial charge in [-0.05, 0) is 44.2 Å². The third-order valence-electron chi connectivity index (χ3n) is 5.25. The van der Waals surface area contributed by atoms with Crippen LogP contribution in [0.1, 0.15) is 53.1 Å². The van der Waals surface area contributed by atoms with Gasteiger partial charge in [-0.2, -0.15) is 0 Å². The van der Waals surface area contributed by atoms with Gasteiger partial charge in [0.25, 0.3) is 5.91 Å². The molecule has 5 heteroatoms. The largest absolute Gasteiger partial charge is 0.349 e. The highest BCUT2D eigenvalue weighted by molar-refractivity contribution is 7.13. The molecular formula is C22H31N3OS. The first-order valence-corrected chi connectivity index (χ1v) is 10.8. The van der Waals surface area contributed by atoms with Gasteiger partial charge < -0.3 is 5.32 Å². The van der Waals surface area contributed by atoms with Crippen molar-refractivity contribution >= 4 is 17.2 Å². The number of hydrogen-bond donors (Lipinski definition) is 1. The highest BCUT2D eigenvalue weighted by atomic mass is 32.1. The Balaban J connectivity index is 1.54. The van der Waals surface area contributed by atoms with Gasteiger partial charge in [0.05, 0.1) is 10.7 Å². The van der Waals surface area contributed by atoms with E-state index < -0.39 is 0 Å². The van der Waals surface area contributed by atoms with Crippen LogP contribution < -0.4 is 5.32 Å². The molecule has 2 aromatic rings. The molecule has 1 aliphatic heterocycles. The molecule has 1 fully saturated rings. The molecule has 1 aromatic heterocycles. The Bertz CT molecular complexity index is 756. The molecular weight excluding hydrogens is 354 g/mol. The van der Waals surface area contributed by atoms with E-state index in [0.29, 0.717) is 11.8 Å². The van der Waals surface area contributed by atoms with E-state index in [0.717, 1.165) is 48.1 Å². The van der Waals surface area contributed by atoms with Crippen LogP contribution in [0.3, 0.4) is 0 Å². The molecule has 0 bridgehead atoms. The number of carbonyl (C=O) groups is 1. The fourth-order valence-corrected chi connectivity index (χ4v) is 4.93. The molecule has 0 spiro atoms. The van der Waals surface area contributed by atoms with Gasteiger partial charge in [-0.3, -0.25) is 9.69 Å². The lowest BCUT2D eigenvalue weighted by Crippen LogP contribution is -2.39. The zero-order valence-electron chi connectivity index (χ0n) is 16.9. The summed E-state index contributed by atoms with van der Waals surface area (Å²) < 4.78 is 0. The van der Waals surface area contributed by atoms with Crippen molar-refractivity contribution in [1.29, 1.82) is 0 Å². The molecule has 146 valence electrons. The number of aryl methyl sites for hydroxylation is 1. The summed E-state index contributed by atoms with van der Waals surface area (Å²) in [4.78, 5) is 20.6. The molecule has 2 atom stereocenters. The number of rotatable bonds is 7. The average Bonchev–Trinajstić information content (AvgIpc) is 3.22. The highest BCUT2D eigenvalue weighted by Gasteiger charge is 2.29. The number of aromatic nitrogens is 1. The van der Waals surface area contributed by atoms with Gasteiger partial charge in [-0.15, -0.1) is 11.3 Å². The van der Waals surface area contributed by atoms with Crippen LogP contribution in [0.5, 0.6) is 0 Å². The Hall–Kier alpha value is -1.72. The van der Waals surface area contributed by atoms with Crippen molar-refractivity contribution in [3.05, 3.63) is 51.5 Å². The van der Waals surface area contributed by atoms with Crippen LogP contribution in [0.25, 0.3) is 0 Å². The van der Waals surface area contributed by atoms with Gasteiger partial charge >= 0.3 is 0 Å². The van der Waals surface area contributed by atoms with E-state index in [9.17, 15) is 4.79 Å². The van der Waals surface area contributed by atoms with Crippen LogP contribution in [0.15, 0.2) is 30.3 Å². The maximum Gasteiger partial charge on any atom is 0.263 e. The number of thiazole rings is 1. The maximum absolute atomic E-state index is 12.8. The third-order valence-corrected chi connectivity index (χ3v) is 6.43. The van der Waals surface area contributed by atoms with Crippen LogP contribution in [0, 0.1) is 18.8 Å². The van der Waals surface area contributed by atoms with Gasteiger partial charge in [0.1, 0.15) is 4.88 Å². The lowest BCUT2D eigenvalue weighted by Gasteiger charge is -2.21. The van der Waals surface area contributed by atoms with Gasteiger partial charge in [0.2, 0.25) is 0 Å². The van der Waals surface area contributed by atoms with Crippen LogP contribution in [-0.4, -0.2) is 34.9 Å².